The van der Waals surface area contributed by atoms with E-state index in [2.05, 4.69) is 79.8 Å². The molecule has 1 aliphatic carbocycles. The molecule has 2 aromatic carbocycles. The van der Waals surface area contributed by atoms with E-state index in [9.17, 15) is 9.90 Å². The smallest absolute Gasteiger partial charge is 0.304 e. The molecule has 0 heterocycles. The number of allylic oxidation sites excluding steroid dienone is 4. The van der Waals surface area contributed by atoms with Gasteiger partial charge in [-0.05, 0) is 29.5 Å². The van der Waals surface area contributed by atoms with Crippen LogP contribution >= 0.6 is 11.8 Å². The molecule has 1 aliphatic rings. The largest absolute Gasteiger partial charge is 0.481 e. The molecule has 0 aromatic heterocycles. The SMILES string of the molecule is CCCCCCCCc1ccc(C(SCCC(=O)O)(c2ccccc2)C2C=CC=C2)cc1. The van der Waals surface area contributed by atoms with Gasteiger partial charge in [-0.1, -0.05) is 118 Å². The zero-order valence-corrected chi connectivity index (χ0v) is 20.0. The van der Waals surface area contributed by atoms with Gasteiger partial charge in [0.05, 0.1) is 11.2 Å². The minimum absolute atomic E-state index is 0.162. The summed E-state index contributed by atoms with van der Waals surface area (Å²) < 4.78 is -0.334. The van der Waals surface area contributed by atoms with Gasteiger partial charge in [-0.2, -0.15) is 0 Å². The number of thioether (sulfide) groups is 1. The second-order valence-electron chi connectivity index (χ2n) is 8.60. The van der Waals surface area contributed by atoms with E-state index >= 15 is 0 Å². The van der Waals surface area contributed by atoms with Crippen molar-refractivity contribution in [2.45, 2.75) is 63.0 Å². The number of rotatable bonds is 14. The number of benzene rings is 2. The Morgan fingerprint density at radius 3 is 2.16 bits per heavy atom. The molecule has 1 N–H and O–H groups in total. The van der Waals surface area contributed by atoms with Gasteiger partial charge < -0.3 is 5.11 Å². The van der Waals surface area contributed by atoms with Gasteiger partial charge in [0.2, 0.25) is 0 Å². The van der Waals surface area contributed by atoms with Crippen LogP contribution in [0.5, 0.6) is 0 Å². The van der Waals surface area contributed by atoms with E-state index < -0.39 is 5.97 Å². The molecule has 0 bridgehead atoms. The lowest BCUT2D eigenvalue weighted by Crippen LogP contribution is -2.31. The minimum Gasteiger partial charge on any atom is -0.481 e. The van der Waals surface area contributed by atoms with Crippen molar-refractivity contribution in [1.82, 2.24) is 0 Å². The summed E-state index contributed by atoms with van der Waals surface area (Å²) in [5, 5.41) is 9.26. The average Bonchev–Trinajstić information content (AvgIpc) is 3.35. The number of unbranched alkanes of at least 4 members (excludes halogenated alkanes) is 5. The van der Waals surface area contributed by atoms with Crippen molar-refractivity contribution in [1.29, 1.82) is 0 Å². The van der Waals surface area contributed by atoms with E-state index in [-0.39, 0.29) is 17.1 Å². The molecule has 0 fully saturated rings. The second kappa shape index (κ2) is 12.7. The van der Waals surface area contributed by atoms with Gasteiger partial charge in [0, 0.05) is 11.7 Å². The van der Waals surface area contributed by atoms with Crippen molar-refractivity contribution in [3.8, 4) is 0 Å². The van der Waals surface area contributed by atoms with Crippen LogP contribution in [-0.2, 0) is 16.0 Å². The third kappa shape index (κ3) is 6.38. The molecule has 3 rings (SSSR count). The molecule has 0 amide bonds. The molecule has 1 atom stereocenters. The average molecular weight is 449 g/mol. The maximum Gasteiger partial charge on any atom is 0.304 e. The predicted molar refractivity (Wildman–Crippen MR) is 137 cm³/mol. The molecule has 0 aliphatic heterocycles. The predicted octanol–water partition coefficient (Wildman–Crippen LogP) is 7.78. The van der Waals surface area contributed by atoms with Crippen LogP contribution in [0.3, 0.4) is 0 Å². The number of hydrogen-bond acceptors (Lipinski definition) is 2. The first kappa shape index (κ1) is 24.4. The highest BCUT2D eigenvalue weighted by molar-refractivity contribution is 8.00. The topological polar surface area (TPSA) is 37.3 Å². The number of aryl methyl sites for hydroxylation is 1. The number of hydrogen-bond donors (Lipinski definition) is 1. The number of carbonyl (C=O) groups is 1. The Kier molecular flexibility index (Phi) is 9.67. The molecule has 170 valence electrons. The van der Waals surface area contributed by atoms with Crippen molar-refractivity contribution in [3.63, 3.8) is 0 Å². The highest BCUT2D eigenvalue weighted by Crippen LogP contribution is 2.51. The quantitative estimate of drug-likeness (QED) is 0.300. The molecule has 1 unspecified atom stereocenters. The van der Waals surface area contributed by atoms with E-state index in [0.717, 1.165) is 6.42 Å². The molecule has 3 heteroatoms. The fourth-order valence-corrected chi connectivity index (χ4v) is 6.08. The fraction of sp³-hybridized carbons (Fsp3) is 0.414. The van der Waals surface area contributed by atoms with E-state index in [1.165, 1.54) is 55.2 Å². The summed E-state index contributed by atoms with van der Waals surface area (Å²) in [7, 11) is 0. The summed E-state index contributed by atoms with van der Waals surface area (Å²) in [4.78, 5) is 11.3. The van der Waals surface area contributed by atoms with Crippen LogP contribution in [0, 0.1) is 5.92 Å². The van der Waals surface area contributed by atoms with Crippen LogP contribution in [0.15, 0.2) is 78.9 Å². The van der Waals surface area contributed by atoms with E-state index in [1.54, 1.807) is 11.8 Å². The maximum absolute atomic E-state index is 11.3. The van der Waals surface area contributed by atoms with Crippen LogP contribution in [0.2, 0.25) is 0 Å². The third-order valence-electron chi connectivity index (χ3n) is 6.27. The molecule has 0 spiro atoms. The number of carboxylic acid groups (broad SMARTS) is 1. The molecule has 0 saturated heterocycles. The fourth-order valence-electron chi connectivity index (χ4n) is 4.53. The molecule has 0 saturated carbocycles. The summed E-state index contributed by atoms with van der Waals surface area (Å²) in [6.07, 6.45) is 17.9. The first-order valence-corrected chi connectivity index (χ1v) is 13.0. The van der Waals surface area contributed by atoms with E-state index in [0.29, 0.717) is 5.75 Å². The van der Waals surface area contributed by atoms with Crippen LogP contribution in [-0.4, -0.2) is 16.8 Å². The standard InChI is InChI=1S/C29H36O2S/c1-2-3-4-5-6-8-13-24-18-20-27(21-19-24)29(26-16-11-12-17-26,32-23-22-28(30)31)25-14-9-7-10-15-25/h7,9-12,14-21,26H,2-6,8,13,22-23H2,1H3,(H,30,31). The van der Waals surface area contributed by atoms with Crippen molar-refractivity contribution in [3.05, 3.63) is 95.6 Å². The zero-order valence-electron chi connectivity index (χ0n) is 19.2. The van der Waals surface area contributed by atoms with Crippen LogP contribution in [0.1, 0.15) is 68.6 Å². The molecule has 32 heavy (non-hydrogen) atoms. The van der Waals surface area contributed by atoms with Crippen molar-refractivity contribution < 1.29 is 9.90 Å². The summed E-state index contributed by atoms with van der Waals surface area (Å²) in [6.45, 7) is 2.26. The Morgan fingerprint density at radius 2 is 1.50 bits per heavy atom. The summed E-state index contributed by atoms with van der Waals surface area (Å²) in [6, 6.07) is 19.7. The third-order valence-corrected chi connectivity index (χ3v) is 7.87. The molecule has 2 aromatic rings. The van der Waals surface area contributed by atoms with Crippen molar-refractivity contribution in [2.75, 3.05) is 5.75 Å². The maximum atomic E-state index is 11.3. The van der Waals surface area contributed by atoms with Gasteiger partial charge in [0.15, 0.2) is 0 Å². The Morgan fingerprint density at radius 1 is 0.875 bits per heavy atom. The lowest BCUT2D eigenvalue weighted by atomic mass is 9.80. The molecule has 0 radical (unpaired) electrons. The van der Waals surface area contributed by atoms with Gasteiger partial charge in [0.1, 0.15) is 0 Å². The minimum atomic E-state index is -0.744. The molecular weight excluding hydrogens is 412 g/mol. The Labute approximate surface area is 197 Å². The summed E-state index contributed by atoms with van der Waals surface area (Å²) in [5.74, 6) is 0.0152. The normalized spacial score (nSPS) is 15.2. The second-order valence-corrected chi connectivity index (χ2v) is 9.95. The zero-order chi connectivity index (χ0) is 22.7. The Bertz CT molecular complexity index is 873. The Hall–Kier alpha value is -2.26. The van der Waals surface area contributed by atoms with E-state index in [1.807, 2.05) is 6.07 Å². The van der Waals surface area contributed by atoms with E-state index in [4.69, 9.17) is 0 Å². The molecule has 2 nitrogen and oxygen atoms in total. The summed E-state index contributed by atoms with van der Waals surface area (Å²) in [5.41, 5.74) is 3.85. The summed E-state index contributed by atoms with van der Waals surface area (Å²) >= 11 is 1.75. The van der Waals surface area contributed by atoms with Gasteiger partial charge in [-0.15, -0.1) is 11.8 Å². The van der Waals surface area contributed by atoms with Crippen LogP contribution in [0.25, 0.3) is 0 Å². The van der Waals surface area contributed by atoms with Gasteiger partial charge in [-0.25, -0.2) is 0 Å². The highest BCUT2D eigenvalue weighted by Gasteiger charge is 2.41. The first-order valence-electron chi connectivity index (χ1n) is 12.0. The lowest BCUT2D eigenvalue weighted by Gasteiger charge is -2.38. The van der Waals surface area contributed by atoms with Gasteiger partial charge in [-0.3, -0.25) is 4.79 Å². The number of carboxylic acids is 1. The first-order chi connectivity index (χ1) is 15.7. The number of aliphatic carboxylic acids is 1. The lowest BCUT2D eigenvalue weighted by molar-refractivity contribution is -0.136. The monoisotopic (exact) mass is 448 g/mol. The van der Waals surface area contributed by atoms with Crippen molar-refractivity contribution >= 4 is 17.7 Å². The van der Waals surface area contributed by atoms with Crippen LogP contribution in [0.4, 0.5) is 0 Å². The van der Waals surface area contributed by atoms with Gasteiger partial charge >= 0.3 is 5.97 Å². The van der Waals surface area contributed by atoms with Crippen molar-refractivity contribution in [2.24, 2.45) is 5.92 Å². The highest BCUT2D eigenvalue weighted by atomic mass is 32.2. The molecular formula is C29H36O2S. The van der Waals surface area contributed by atoms with Crippen LogP contribution < -0.4 is 0 Å². The Balaban J connectivity index is 1.83. The van der Waals surface area contributed by atoms with Gasteiger partial charge in [0.25, 0.3) is 0 Å².